The first-order chi connectivity index (χ1) is 24.5. The third-order valence-electron chi connectivity index (χ3n) is 9.82. The van der Waals surface area contributed by atoms with Crippen LogP contribution in [0.25, 0.3) is 0 Å². The van der Waals surface area contributed by atoms with Gasteiger partial charge in [-0.05, 0) is 42.2 Å². The lowest BCUT2D eigenvalue weighted by atomic mass is 9.74. The Bertz CT molecular complexity index is 1490. The number of allylic oxidation sites excluding steroid dienone is 1. The number of carbonyl (C=O) groups is 5. The molecule has 2 aliphatic rings. The van der Waals surface area contributed by atoms with E-state index in [1.54, 1.807) is 6.08 Å². The maximum atomic E-state index is 13.9. The van der Waals surface area contributed by atoms with Gasteiger partial charge in [-0.3, -0.25) is 4.79 Å². The maximum absolute atomic E-state index is 13.9. The van der Waals surface area contributed by atoms with Crippen LogP contribution < -0.4 is 0 Å². The molecule has 1 aromatic carbocycles. The number of hydrogen-bond donors (Lipinski definition) is 2. The molecule has 0 saturated carbocycles. The monoisotopic (exact) mass is 732 g/mol. The van der Waals surface area contributed by atoms with Crippen LogP contribution in [-0.4, -0.2) is 103 Å². The quantitative estimate of drug-likeness (QED) is 0.103. The van der Waals surface area contributed by atoms with Gasteiger partial charge in [0.1, 0.15) is 12.2 Å². The fourth-order valence-corrected chi connectivity index (χ4v) is 6.96. The van der Waals surface area contributed by atoms with E-state index in [2.05, 4.69) is 13.5 Å². The fraction of sp³-hybridized carbons (Fsp3) is 0.605. The summed E-state index contributed by atoms with van der Waals surface area (Å²) in [6, 6.07) is 9.48. The Morgan fingerprint density at radius 2 is 1.63 bits per heavy atom. The second-order valence-electron chi connectivity index (χ2n) is 13.7. The van der Waals surface area contributed by atoms with Gasteiger partial charge in [0.05, 0.1) is 21.3 Å². The molecular formula is C38H52O14. The smallest absolute Gasteiger partial charge is 0.346 e. The second kappa shape index (κ2) is 17.6. The molecule has 2 fully saturated rings. The van der Waals surface area contributed by atoms with Gasteiger partial charge in [0.15, 0.2) is 6.10 Å². The molecule has 10 atom stereocenters. The molecule has 0 unspecified atom stereocenters. The molecule has 0 aromatic heterocycles. The summed E-state index contributed by atoms with van der Waals surface area (Å²) in [6.45, 7) is 13.2. The van der Waals surface area contributed by atoms with Crippen molar-refractivity contribution in [1.29, 1.82) is 0 Å². The van der Waals surface area contributed by atoms with Gasteiger partial charge in [0.25, 0.3) is 5.60 Å². The highest BCUT2D eigenvalue weighted by Gasteiger charge is 2.86. The van der Waals surface area contributed by atoms with Crippen LogP contribution in [-0.2, 0) is 63.6 Å². The van der Waals surface area contributed by atoms with Crippen molar-refractivity contribution in [3.8, 4) is 0 Å². The molecule has 288 valence electrons. The van der Waals surface area contributed by atoms with E-state index in [1.807, 2.05) is 51.1 Å². The number of fused-ring (bicyclic) bond motifs is 2. The summed E-state index contributed by atoms with van der Waals surface area (Å²) in [6.07, 6.45) is -3.22. The topological polar surface area (TPSA) is 190 Å². The Labute approximate surface area is 304 Å². The number of aliphatic hydroxyl groups excluding tert-OH is 1. The molecule has 0 amide bonds. The lowest BCUT2D eigenvalue weighted by molar-refractivity contribution is -0.374. The number of ether oxygens (including phenoxy) is 7. The van der Waals surface area contributed by atoms with E-state index < -0.39 is 77.7 Å². The highest BCUT2D eigenvalue weighted by Crippen LogP contribution is 2.56. The van der Waals surface area contributed by atoms with Gasteiger partial charge in [-0.1, -0.05) is 77.1 Å². The van der Waals surface area contributed by atoms with E-state index in [-0.39, 0.29) is 18.3 Å². The second-order valence-corrected chi connectivity index (χ2v) is 13.7. The molecule has 2 aliphatic heterocycles. The fourth-order valence-electron chi connectivity index (χ4n) is 6.96. The summed E-state index contributed by atoms with van der Waals surface area (Å²) in [5.41, 5.74) is -5.21. The number of rotatable bonds is 17. The van der Waals surface area contributed by atoms with Crippen LogP contribution in [0.2, 0.25) is 0 Å². The van der Waals surface area contributed by atoms with Gasteiger partial charge in [-0.25, -0.2) is 19.2 Å². The third-order valence-corrected chi connectivity index (χ3v) is 9.82. The van der Waals surface area contributed by atoms with Crippen LogP contribution in [0, 0.1) is 17.8 Å². The van der Waals surface area contributed by atoms with Crippen LogP contribution in [0.4, 0.5) is 0 Å². The first-order valence-corrected chi connectivity index (χ1v) is 17.3. The van der Waals surface area contributed by atoms with Crippen LogP contribution in [0.1, 0.15) is 65.9 Å². The minimum Gasteiger partial charge on any atom is -0.467 e. The van der Waals surface area contributed by atoms with Crippen molar-refractivity contribution in [3.63, 3.8) is 0 Å². The van der Waals surface area contributed by atoms with Crippen molar-refractivity contribution in [2.75, 3.05) is 21.3 Å². The molecule has 14 heteroatoms. The molecule has 14 nitrogen and oxygen atoms in total. The number of esters is 5. The Balaban J connectivity index is 2.10. The number of methoxy groups -OCH3 is 3. The molecule has 2 bridgehead atoms. The van der Waals surface area contributed by atoms with Crippen molar-refractivity contribution < 1.29 is 67.3 Å². The first kappa shape index (κ1) is 42.3. The van der Waals surface area contributed by atoms with E-state index in [9.17, 15) is 34.2 Å². The molecule has 52 heavy (non-hydrogen) atoms. The summed E-state index contributed by atoms with van der Waals surface area (Å²) in [7, 11) is 2.71. The van der Waals surface area contributed by atoms with E-state index >= 15 is 0 Å². The molecule has 2 saturated heterocycles. The van der Waals surface area contributed by atoms with Crippen molar-refractivity contribution in [1.82, 2.24) is 0 Å². The molecule has 0 spiro atoms. The molecule has 2 heterocycles. The van der Waals surface area contributed by atoms with Gasteiger partial charge >= 0.3 is 29.8 Å². The van der Waals surface area contributed by atoms with Crippen molar-refractivity contribution in [2.45, 2.75) is 108 Å². The van der Waals surface area contributed by atoms with Gasteiger partial charge < -0.3 is 43.4 Å². The van der Waals surface area contributed by atoms with Gasteiger partial charge in [-0.15, -0.1) is 0 Å². The predicted molar refractivity (Wildman–Crippen MR) is 184 cm³/mol. The van der Waals surface area contributed by atoms with Crippen molar-refractivity contribution in [3.05, 3.63) is 60.2 Å². The van der Waals surface area contributed by atoms with Crippen LogP contribution >= 0.6 is 0 Å². The largest absolute Gasteiger partial charge is 0.467 e. The van der Waals surface area contributed by atoms with E-state index in [1.165, 1.54) is 6.92 Å². The third kappa shape index (κ3) is 8.41. The van der Waals surface area contributed by atoms with Crippen molar-refractivity contribution in [2.24, 2.45) is 17.8 Å². The average Bonchev–Trinajstić information content (AvgIpc) is 3.34. The average molecular weight is 733 g/mol. The van der Waals surface area contributed by atoms with Crippen molar-refractivity contribution >= 4 is 29.8 Å². The van der Waals surface area contributed by atoms with Gasteiger partial charge in [-0.2, -0.15) is 0 Å². The minimum atomic E-state index is -3.41. The molecule has 2 N–H and O–H groups in total. The number of carbonyl (C=O) groups excluding carboxylic acids is 5. The number of hydrogen-bond acceptors (Lipinski definition) is 14. The van der Waals surface area contributed by atoms with Gasteiger partial charge in [0.2, 0.25) is 17.5 Å². The Kier molecular flexibility index (Phi) is 14.3. The zero-order chi connectivity index (χ0) is 39.0. The van der Waals surface area contributed by atoms with E-state index in [0.717, 1.165) is 45.8 Å². The minimum absolute atomic E-state index is 0.0631. The summed E-state index contributed by atoms with van der Waals surface area (Å²) in [5, 5.41) is 24.1. The maximum Gasteiger partial charge on any atom is 0.346 e. The Morgan fingerprint density at radius 3 is 2.19 bits per heavy atom. The van der Waals surface area contributed by atoms with E-state index in [0.29, 0.717) is 17.9 Å². The normalized spacial score (nSPS) is 28.9. The van der Waals surface area contributed by atoms with Crippen LogP contribution in [0.15, 0.2) is 54.6 Å². The molecule has 0 radical (unpaired) electrons. The predicted octanol–water partition coefficient (Wildman–Crippen LogP) is 3.15. The summed E-state index contributed by atoms with van der Waals surface area (Å²) in [4.78, 5) is 66.1. The zero-order valence-electron chi connectivity index (χ0n) is 31.1. The highest BCUT2D eigenvalue weighted by atomic mass is 16.8. The first-order valence-electron chi connectivity index (χ1n) is 17.3. The lowest BCUT2D eigenvalue weighted by Gasteiger charge is -2.49. The van der Waals surface area contributed by atoms with Crippen LogP contribution in [0.3, 0.4) is 0 Å². The summed E-state index contributed by atoms with van der Waals surface area (Å²) >= 11 is 0. The number of benzene rings is 1. The highest BCUT2D eigenvalue weighted by molar-refractivity contribution is 5.99. The molecule has 0 aliphatic carbocycles. The molecule has 1 aromatic rings. The summed E-state index contributed by atoms with van der Waals surface area (Å²) < 4.78 is 38.0. The van der Waals surface area contributed by atoms with Gasteiger partial charge in [0, 0.05) is 25.3 Å². The molecular weight excluding hydrogens is 680 g/mol. The SMILES string of the molecule is C=C(CC[C@@]12O[C@H](C(=O)OC)[C@@](O)(C(=O)OC)[C@@](C(=O)OC)(O1)[C@H](OC(=O)/C=C/[C@@H](C)C[C@@H](C)CC)[C@H]2O)[C@@H](OC(C)=O)[C@H](C)Cc1ccccc1. The molecule has 3 rings (SSSR count). The Hall–Kier alpha value is -4.11. The lowest BCUT2D eigenvalue weighted by Crippen LogP contribution is -2.78. The Morgan fingerprint density at radius 1 is 1.00 bits per heavy atom. The summed E-state index contributed by atoms with van der Waals surface area (Å²) in [5.74, 6) is -8.51. The standard InChI is InChI=1S/C38H52O14/c1-10-22(2)20-23(3)16-17-28(40)50-31-30(41)36(19-18-24(4)29(49-26(6)39)25(5)21-27-14-12-11-13-15-27)51-32(33(42)46-7)37(45,34(43)47-8)38(31,52-36)35(44)48-9/h11-17,22-23,25,29-32,41,45H,4,10,18-21H2,1-3,5-9H3/b17-16+/t22-,23+,25+,29+,30+,31+,32+,36+,37+,38+/m0/s1. The zero-order valence-corrected chi connectivity index (χ0v) is 31.1. The van der Waals surface area contributed by atoms with E-state index in [4.69, 9.17) is 33.2 Å². The number of aliphatic hydroxyl groups is 2. The van der Waals surface area contributed by atoms with Crippen LogP contribution in [0.5, 0.6) is 0 Å².